The predicted molar refractivity (Wildman–Crippen MR) is 101 cm³/mol. The van der Waals surface area contributed by atoms with Gasteiger partial charge in [0.1, 0.15) is 6.10 Å². The fourth-order valence-electron chi connectivity index (χ4n) is 3.49. The smallest absolute Gasteiger partial charge is 0.334 e. The number of ketones is 1. The molecular weight excluding hydrogens is 380 g/mol. The normalized spacial score (nSPS) is 34.8. The predicted octanol–water partition coefficient (Wildman–Crippen LogP) is 1.42. The molecule has 0 bridgehead atoms. The Bertz CT molecular complexity index is 791. The van der Waals surface area contributed by atoms with E-state index in [0.29, 0.717) is 6.42 Å². The molecule has 0 spiro atoms. The molecule has 2 aliphatic rings. The molecule has 8 nitrogen and oxygen atoms in total. The molecule has 1 fully saturated rings. The summed E-state index contributed by atoms with van der Waals surface area (Å²) in [4.78, 5) is 49.0. The van der Waals surface area contributed by atoms with Crippen LogP contribution >= 0.6 is 0 Å². The van der Waals surface area contributed by atoms with Gasteiger partial charge in [-0.25, -0.2) is 9.59 Å². The lowest BCUT2D eigenvalue weighted by Gasteiger charge is -2.39. The van der Waals surface area contributed by atoms with Gasteiger partial charge < -0.3 is 19.3 Å². The minimum absolute atomic E-state index is 0.0117. The lowest BCUT2D eigenvalue weighted by Crippen LogP contribution is -2.58. The lowest BCUT2D eigenvalue weighted by atomic mass is 9.77. The van der Waals surface area contributed by atoms with Crippen LogP contribution in [0.5, 0.6) is 0 Å². The number of ether oxygens (including phenoxy) is 3. The summed E-state index contributed by atoms with van der Waals surface area (Å²) >= 11 is 0. The summed E-state index contributed by atoms with van der Waals surface area (Å²) in [6, 6.07) is 0. The number of aliphatic hydroxyl groups is 1. The summed E-state index contributed by atoms with van der Waals surface area (Å²) in [5.41, 5.74) is -2.22. The van der Waals surface area contributed by atoms with Crippen molar-refractivity contribution < 1.29 is 38.5 Å². The Morgan fingerprint density at radius 3 is 2.45 bits per heavy atom. The number of carbonyl (C=O) groups is 4. The largest absolute Gasteiger partial charge is 0.458 e. The number of allylic oxidation sites excluding steroid dienone is 1. The van der Waals surface area contributed by atoms with Gasteiger partial charge in [-0.2, -0.15) is 0 Å². The van der Waals surface area contributed by atoms with E-state index >= 15 is 0 Å². The molecule has 2 rings (SSSR count). The number of hydrogen-bond donors (Lipinski definition) is 1. The molecule has 6 unspecified atom stereocenters. The standard InChI is InChI=1S/C21H26O8/c1-10(2)19(24)29-18-17(27-13(5)22)16-12(4)20(25)28-14(16)9-11(3)7-8-15(23)21(18,6)26/h7-8,11,14,16-18,26H,1,4,9H2,2-3,5-6H3. The van der Waals surface area contributed by atoms with E-state index in [4.69, 9.17) is 14.2 Å². The van der Waals surface area contributed by atoms with Gasteiger partial charge in [0.2, 0.25) is 0 Å². The highest BCUT2D eigenvalue weighted by molar-refractivity contribution is 5.98. The summed E-state index contributed by atoms with van der Waals surface area (Å²) in [7, 11) is 0. The summed E-state index contributed by atoms with van der Waals surface area (Å²) in [5.74, 6) is -4.15. The van der Waals surface area contributed by atoms with Gasteiger partial charge in [-0.15, -0.1) is 0 Å². The van der Waals surface area contributed by atoms with Crippen molar-refractivity contribution in [3.63, 3.8) is 0 Å². The SMILES string of the molecule is C=C(C)C(=O)OC1C(OC(C)=O)C2C(=C)C(=O)OC2CC(C)C=CC(=O)C1(C)O. The maximum absolute atomic E-state index is 12.7. The quantitative estimate of drug-likeness (QED) is 0.425. The van der Waals surface area contributed by atoms with Crippen molar-refractivity contribution in [3.05, 3.63) is 36.5 Å². The van der Waals surface area contributed by atoms with E-state index in [-0.39, 0.29) is 17.1 Å². The summed E-state index contributed by atoms with van der Waals surface area (Å²) in [5, 5.41) is 11.0. The zero-order chi connectivity index (χ0) is 22.1. The molecule has 0 radical (unpaired) electrons. The van der Waals surface area contributed by atoms with Crippen LogP contribution in [0.2, 0.25) is 0 Å². The van der Waals surface area contributed by atoms with Crippen LogP contribution < -0.4 is 0 Å². The lowest BCUT2D eigenvalue weighted by molar-refractivity contribution is -0.194. The topological polar surface area (TPSA) is 116 Å². The Morgan fingerprint density at radius 2 is 1.90 bits per heavy atom. The Balaban J connectivity index is 2.67. The van der Waals surface area contributed by atoms with Gasteiger partial charge >= 0.3 is 17.9 Å². The molecule has 1 heterocycles. The van der Waals surface area contributed by atoms with Crippen LogP contribution in [0.25, 0.3) is 0 Å². The third kappa shape index (κ3) is 4.64. The van der Waals surface area contributed by atoms with Gasteiger partial charge in [0.05, 0.1) is 5.92 Å². The minimum atomic E-state index is -2.25. The number of carbonyl (C=O) groups excluding carboxylic acids is 4. The van der Waals surface area contributed by atoms with Gasteiger partial charge in [0.15, 0.2) is 23.6 Å². The molecule has 0 saturated carbocycles. The molecule has 8 heteroatoms. The molecular formula is C21H26O8. The third-order valence-electron chi connectivity index (χ3n) is 5.09. The Morgan fingerprint density at radius 1 is 1.28 bits per heavy atom. The van der Waals surface area contributed by atoms with Crippen LogP contribution in [0.1, 0.15) is 34.1 Å². The van der Waals surface area contributed by atoms with Crippen molar-refractivity contribution in [2.24, 2.45) is 11.8 Å². The molecule has 0 aromatic heterocycles. The second-order valence-electron chi connectivity index (χ2n) is 7.76. The van der Waals surface area contributed by atoms with Crippen LogP contribution in [0.15, 0.2) is 36.5 Å². The number of esters is 3. The monoisotopic (exact) mass is 406 g/mol. The van der Waals surface area contributed by atoms with Crippen molar-refractivity contribution in [1.82, 2.24) is 0 Å². The van der Waals surface area contributed by atoms with Gasteiger partial charge in [-0.3, -0.25) is 9.59 Å². The van der Waals surface area contributed by atoms with Gasteiger partial charge in [0, 0.05) is 18.1 Å². The molecule has 0 aromatic carbocycles. The van der Waals surface area contributed by atoms with Crippen molar-refractivity contribution >= 4 is 23.7 Å². The van der Waals surface area contributed by atoms with Crippen LogP contribution in [-0.2, 0) is 33.4 Å². The molecule has 0 amide bonds. The van der Waals surface area contributed by atoms with Crippen molar-refractivity contribution in [2.75, 3.05) is 0 Å². The second-order valence-corrected chi connectivity index (χ2v) is 7.76. The second kappa shape index (κ2) is 8.32. The zero-order valence-corrected chi connectivity index (χ0v) is 17.0. The highest BCUT2D eigenvalue weighted by Crippen LogP contribution is 2.40. The first-order chi connectivity index (χ1) is 13.4. The van der Waals surface area contributed by atoms with E-state index in [9.17, 15) is 24.3 Å². The summed E-state index contributed by atoms with van der Waals surface area (Å²) in [6.07, 6.45) is -0.665. The van der Waals surface area contributed by atoms with E-state index in [1.807, 2.05) is 6.92 Å². The Hall–Kier alpha value is -2.74. The van der Waals surface area contributed by atoms with E-state index in [2.05, 4.69) is 13.2 Å². The van der Waals surface area contributed by atoms with E-state index in [0.717, 1.165) is 13.8 Å². The van der Waals surface area contributed by atoms with E-state index in [1.54, 1.807) is 6.08 Å². The highest BCUT2D eigenvalue weighted by Gasteiger charge is 2.55. The molecule has 158 valence electrons. The average molecular weight is 406 g/mol. The van der Waals surface area contributed by atoms with Gasteiger partial charge in [-0.1, -0.05) is 26.2 Å². The number of rotatable bonds is 3. The molecule has 1 aliphatic heterocycles. The van der Waals surface area contributed by atoms with Crippen LogP contribution in [0.4, 0.5) is 0 Å². The molecule has 0 aromatic rings. The average Bonchev–Trinajstić information content (AvgIpc) is 2.88. The maximum Gasteiger partial charge on any atom is 0.334 e. The summed E-state index contributed by atoms with van der Waals surface area (Å²) in [6.45, 7) is 12.7. The molecule has 29 heavy (non-hydrogen) atoms. The van der Waals surface area contributed by atoms with Gasteiger partial charge in [-0.05, 0) is 32.3 Å². The third-order valence-corrected chi connectivity index (χ3v) is 5.09. The first kappa shape index (κ1) is 22.5. The Kier molecular flexibility index (Phi) is 6.47. The van der Waals surface area contributed by atoms with Crippen molar-refractivity contribution in [3.8, 4) is 0 Å². The number of fused-ring (bicyclic) bond motifs is 1. The maximum atomic E-state index is 12.7. The zero-order valence-electron chi connectivity index (χ0n) is 17.0. The highest BCUT2D eigenvalue weighted by atomic mass is 16.6. The molecule has 1 N–H and O–H groups in total. The minimum Gasteiger partial charge on any atom is -0.458 e. The van der Waals surface area contributed by atoms with E-state index < -0.39 is 53.5 Å². The summed E-state index contributed by atoms with van der Waals surface area (Å²) < 4.78 is 16.2. The van der Waals surface area contributed by atoms with Gasteiger partial charge in [0.25, 0.3) is 0 Å². The van der Waals surface area contributed by atoms with Crippen LogP contribution in [0, 0.1) is 11.8 Å². The van der Waals surface area contributed by atoms with Crippen LogP contribution in [-0.4, -0.2) is 52.7 Å². The Labute approximate surface area is 169 Å². The van der Waals surface area contributed by atoms with Crippen molar-refractivity contribution in [2.45, 2.75) is 58.0 Å². The molecule has 6 atom stereocenters. The van der Waals surface area contributed by atoms with Crippen molar-refractivity contribution in [1.29, 1.82) is 0 Å². The fourth-order valence-corrected chi connectivity index (χ4v) is 3.49. The van der Waals surface area contributed by atoms with E-state index in [1.165, 1.54) is 13.0 Å². The van der Waals surface area contributed by atoms with Crippen LogP contribution in [0.3, 0.4) is 0 Å². The molecule has 1 saturated heterocycles. The first-order valence-electron chi connectivity index (χ1n) is 9.24. The number of hydrogen-bond acceptors (Lipinski definition) is 8. The fraction of sp³-hybridized carbons (Fsp3) is 0.524. The first-order valence-corrected chi connectivity index (χ1v) is 9.24. The molecule has 1 aliphatic carbocycles.